The Hall–Kier alpha value is -2.59. The van der Waals surface area contributed by atoms with E-state index in [4.69, 9.17) is 0 Å². The summed E-state index contributed by atoms with van der Waals surface area (Å²) >= 11 is 1.65. The lowest BCUT2D eigenvalue weighted by atomic mass is 10.1. The Morgan fingerprint density at radius 2 is 1.64 bits per heavy atom. The number of nitrogens with one attached hydrogen (secondary N) is 2. The molecule has 1 atom stereocenters. The van der Waals surface area contributed by atoms with Crippen molar-refractivity contribution in [2.75, 3.05) is 6.54 Å². The lowest BCUT2D eigenvalue weighted by Crippen LogP contribution is -2.38. The van der Waals surface area contributed by atoms with Crippen molar-refractivity contribution in [2.45, 2.75) is 18.9 Å². The molecule has 0 fully saturated rings. The van der Waals surface area contributed by atoms with Crippen LogP contribution in [0.15, 0.2) is 78.2 Å². The van der Waals surface area contributed by atoms with Crippen molar-refractivity contribution in [3.05, 3.63) is 94.2 Å². The molecule has 2 amide bonds. The van der Waals surface area contributed by atoms with Gasteiger partial charge in [0.2, 0.25) is 0 Å². The molecule has 0 unspecified atom stereocenters. The Bertz CT molecular complexity index is 757. The summed E-state index contributed by atoms with van der Waals surface area (Å²) in [6.45, 7) is 0.659. The molecule has 4 heteroatoms. The molecule has 25 heavy (non-hydrogen) atoms. The van der Waals surface area contributed by atoms with Gasteiger partial charge in [0.1, 0.15) is 0 Å². The normalized spacial score (nSPS) is 11.7. The zero-order valence-electron chi connectivity index (χ0n) is 14.0. The summed E-state index contributed by atoms with van der Waals surface area (Å²) in [4.78, 5) is 13.4. The van der Waals surface area contributed by atoms with Gasteiger partial charge in [-0.05, 0) is 35.4 Å². The van der Waals surface area contributed by atoms with Crippen molar-refractivity contribution in [1.82, 2.24) is 10.6 Å². The van der Waals surface area contributed by atoms with Gasteiger partial charge in [0.15, 0.2) is 0 Å². The van der Waals surface area contributed by atoms with Gasteiger partial charge in [0, 0.05) is 11.4 Å². The first kappa shape index (κ1) is 17.2. The van der Waals surface area contributed by atoms with E-state index in [9.17, 15) is 4.79 Å². The van der Waals surface area contributed by atoms with Gasteiger partial charge < -0.3 is 10.6 Å². The van der Waals surface area contributed by atoms with Gasteiger partial charge in [0.25, 0.3) is 0 Å². The van der Waals surface area contributed by atoms with Crippen LogP contribution in [0.4, 0.5) is 4.79 Å². The molecule has 2 N–H and O–H groups in total. The number of hydrogen-bond donors (Lipinski definition) is 2. The predicted molar refractivity (Wildman–Crippen MR) is 104 cm³/mol. The Morgan fingerprint density at radius 1 is 0.920 bits per heavy atom. The molecule has 2 aromatic carbocycles. The van der Waals surface area contributed by atoms with Crippen molar-refractivity contribution in [3.8, 4) is 0 Å². The molecule has 1 heterocycles. The van der Waals surface area contributed by atoms with Crippen LogP contribution in [0.5, 0.6) is 0 Å². The molecule has 0 saturated heterocycles. The molecule has 0 aliphatic rings. The first-order valence-electron chi connectivity index (χ1n) is 8.49. The second kappa shape index (κ2) is 9.04. The number of aryl methyl sites for hydroxylation is 1. The minimum absolute atomic E-state index is 0.115. The Labute approximate surface area is 152 Å². The molecule has 0 bridgehead atoms. The molecule has 128 valence electrons. The van der Waals surface area contributed by atoms with Gasteiger partial charge in [-0.2, -0.15) is 0 Å². The monoisotopic (exact) mass is 350 g/mol. The van der Waals surface area contributed by atoms with Crippen LogP contribution in [-0.4, -0.2) is 12.6 Å². The number of benzene rings is 2. The van der Waals surface area contributed by atoms with Crippen molar-refractivity contribution in [2.24, 2.45) is 0 Å². The number of carbonyl (C=O) groups excluding carboxylic acids is 1. The van der Waals surface area contributed by atoms with Crippen LogP contribution >= 0.6 is 11.3 Å². The fourth-order valence-corrected chi connectivity index (χ4v) is 3.54. The zero-order chi connectivity index (χ0) is 17.3. The second-order valence-electron chi connectivity index (χ2n) is 5.85. The number of amides is 2. The molecular weight excluding hydrogens is 328 g/mol. The van der Waals surface area contributed by atoms with E-state index in [-0.39, 0.29) is 12.1 Å². The molecular formula is C21H22N2OS. The van der Waals surface area contributed by atoms with E-state index in [1.807, 2.05) is 60.0 Å². The second-order valence-corrected chi connectivity index (χ2v) is 6.83. The maximum absolute atomic E-state index is 12.3. The van der Waals surface area contributed by atoms with Gasteiger partial charge in [-0.25, -0.2) is 4.79 Å². The average molecular weight is 350 g/mol. The SMILES string of the molecule is O=C(NCCCc1ccccc1)N[C@@H](c1ccccc1)c1cccs1. The van der Waals surface area contributed by atoms with Crippen LogP contribution in [0, 0.1) is 0 Å². The maximum Gasteiger partial charge on any atom is 0.315 e. The van der Waals surface area contributed by atoms with E-state index >= 15 is 0 Å². The molecule has 0 aliphatic heterocycles. The lowest BCUT2D eigenvalue weighted by Gasteiger charge is -2.18. The van der Waals surface area contributed by atoms with Crippen LogP contribution < -0.4 is 10.6 Å². The molecule has 1 aromatic heterocycles. The van der Waals surface area contributed by atoms with E-state index in [2.05, 4.69) is 28.8 Å². The average Bonchev–Trinajstić information content (AvgIpc) is 3.19. The minimum Gasteiger partial charge on any atom is -0.338 e. The van der Waals surface area contributed by atoms with Crippen LogP contribution in [0.1, 0.15) is 28.5 Å². The Kier molecular flexibility index (Phi) is 6.23. The fourth-order valence-electron chi connectivity index (χ4n) is 2.74. The van der Waals surface area contributed by atoms with Crippen molar-refractivity contribution >= 4 is 17.4 Å². The van der Waals surface area contributed by atoms with Crippen molar-refractivity contribution in [3.63, 3.8) is 0 Å². The van der Waals surface area contributed by atoms with Gasteiger partial charge in [-0.15, -0.1) is 11.3 Å². The Morgan fingerprint density at radius 3 is 2.32 bits per heavy atom. The van der Waals surface area contributed by atoms with Crippen LogP contribution in [0.3, 0.4) is 0 Å². The first-order chi connectivity index (χ1) is 12.3. The van der Waals surface area contributed by atoms with E-state index in [1.54, 1.807) is 11.3 Å². The number of urea groups is 1. The summed E-state index contributed by atoms with van der Waals surface area (Å²) in [7, 11) is 0. The smallest absolute Gasteiger partial charge is 0.315 e. The molecule has 0 spiro atoms. The van der Waals surface area contributed by atoms with E-state index in [0.29, 0.717) is 6.54 Å². The number of carbonyl (C=O) groups is 1. The van der Waals surface area contributed by atoms with Crippen LogP contribution in [0.2, 0.25) is 0 Å². The Balaban J connectivity index is 1.52. The molecule has 3 nitrogen and oxygen atoms in total. The largest absolute Gasteiger partial charge is 0.338 e. The minimum atomic E-state index is -0.129. The van der Waals surface area contributed by atoms with Gasteiger partial charge >= 0.3 is 6.03 Å². The number of hydrogen-bond acceptors (Lipinski definition) is 2. The van der Waals surface area contributed by atoms with Crippen LogP contribution in [-0.2, 0) is 6.42 Å². The first-order valence-corrected chi connectivity index (χ1v) is 9.37. The highest BCUT2D eigenvalue weighted by Crippen LogP contribution is 2.25. The third kappa shape index (κ3) is 5.19. The molecule has 0 radical (unpaired) electrons. The summed E-state index contributed by atoms with van der Waals surface area (Å²) in [6, 6.07) is 24.2. The lowest BCUT2D eigenvalue weighted by molar-refractivity contribution is 0.238. The van der Waals surface area contributed by atoms with E-state index < -0.39 is 0 Å². The third-order valence-corrected chi connectivity index (χ3v) is 4.94. The van der Waals surface area contributed by atoms with Crippen molar-refractivity contribution in [1.29, 1.82) is 0 Å². The van der Waals surface area contributed by atoms with E-state index in [1.165, 1.54) is 5.56 Å². The standard InChI is InChI=1S/C21H22N2OS/c24-21(22-15-7-11-17-9-3-1-4-10-17)23-20(19-14-8-16-25-19)18-12-5-2-6-13-18/h1-6,8-10,12-14,16,20H,7,11,15H2,(H2,22,23,24)/t20-/m0/s1. The summed E-state index contributed by atoms with van der Waals surface area (Å²) in [5.41, 5.74) is 2.38. The van der Waals surface area contributed by atoms with E-state index in [0.717, 1.165) is 23.3 Å². The number of thiophene rings is 1. The van der Waals surface area contributed by atoms with Gasteiger partial charge in [-0.1, -0.05) is 66.7 Å². The van der Waals surface area contributed by atoms with Crippen LogP contribution in [0.25, 0.3) is 0 Å². The summed E-state index contributed by atoms with van der Waals surface area (Å²) < 4.78 is 0. The topological polar surface area (TPSA) is 41.1 Å². The zero-order valence-corrected chi connectivity index (χ0v) is 14.8. The van der Waals surface area contributed by atoms with Gasteiger partial charge in [0.05, 0.1) is 6.04 Å². The molecule has 3 aromatic rings. The molecule has 3 rings (SSSR count). The summed E-state index contributed by atoms with van der Waals surface area (Å²) in [5, 5.41) is 8.10. The van der Waals surface area contributed by atoms with Gasteiger partial charge in [-0.3, -0.25) is 0 Å². The molecule has 0 saturated carbocycles. The highest BCUT2D eigenvalue weighted by Gasteiger charge is 2.17. The maximum atomic E-state index is 12.3. The fraction of sp³-hybridized carbons (Fsp3) is 0.190. The number of rotatable bonds is 7. The van der Waals surface area contributed by atoms with Crippen molar-refractivity contribution < 1.29 is 4.79 Å². The highest BCUT2D eigenvalue weighted by molar-refractivity contribution is 7.10. The quantitative estimate of drug-likeness (QED) is 0.592. The summed E-state index contributed by atoms with van der Waals surface area (Å²) in [6.07, 6.45) is 1.89. The highest BCUT2D eigenvalue weighted by atomic mass is 32.1. The third-order valence-electron chi connectivity index (χ3n) is 4.01. The molecule has 0 aliphatic carbocycles. The predicted octanol–water partition coefficient (Wildman–Crippen LogP) is 4.77. The summed E-state index contributed by atoms with van der Waals surface area (Å²) in [5.74, 6) is 0.